The van der Waals surface area contributed by atoms with Crippen LogP contribution in [0.3, 0.4) is 0 Å². The fourth-order valence-corrected chi connectivity index (χ4v) is 1.84. The van der Waals surface area contributed by atoms with Crippen LogP contribution in [0.25, 0.3) is 0 Å². The van der Waals surface area contributed by atoms with E-state index in [0.29, 0.717) is 6.79 Å². The molecule has 3 heteroatoms. The third-order valence-corrected chi connectivity index (χ3v) is 3.06. The van der Waals surface area contributed by atoms with Crippen LogP contribution in [-0.4, -0.2) is 6.79 Å². The van der Waals surface area contributed by atoms with Crippen LogP contribution in [0.2, 0.25) is 0 Å². The number of hydrogen-bond donors (Lipinski definition) is 0. The largest absolute Gasteiger partial charge is 0.454 e. The van der Waals surface area contributed by atoms with Crippen molar-refractivity contribution >= 4 is 15.9 Å². The van der Waals surface area contributed by atoms with Crippen molar-refractivity contribution in [3.05, 3.63) is 21.7 Å². The molecule has 1 aromatic carbocycles. The molecule has 0 aromatic heterocycles. The van der Waals surface area contributed by atoms with E-state index in [9.17, 15) is 0 Å². The first kappa shape index (κ1) is 7.92. The highest BCUT2D eigenvalue weighted by atomic mass is 79.9. The molecule has 1 aromatic rings. The van der Waals surface area contributed by atoms with Crippen molar-refractivity contribution in [2.24, 2.45) is 0 Å². The SMILES string of the molecule is Cc1cc2c(c(Br)c1C)OCO2. The van der Waals surface area contributed by atoms with Crippen LogP contribution in [0.1, 0.15) is 11.1 Å². The van der Waals surface area contributed by atoms with E-state index in [2.05, 4.69) is 29.8 Å². The lowest BCUT2D eigenvalue weighted by Crippen LogP contribution is -1.93. The summed E-state index contributed by atoms with van der Waals surface area (Å²) in [5.41, 5.74) is 2.42. The number of hydrogen-bond acceptors (Lipinski definition) is 2. The molecule has 0 amide bonds. The summed E-state index contributed by atoms with van der Waals surface area (Å²) in [5, 5.41) is 0. The van der Waals surface area contributed by atoms with E-state index in [-0.39, 0.29) is 0 Å². The zero-order valence-electron chi connectivity index (χ0n) is 6.98. The Labute approximate surface area is 79.6 Å². The number of fused-ring (bicyclic) bond motifs is 1. The standard InChI is InChI=1S/C9H9BrO2/c1-5-3-7-9(12-4-11-7)8(10)6(5)2/h3H,4H2,1-2H3. The van der Waals surface area contributed by atoms with Gasteiger partial charge in [-0.25, -0.2) is 0 Å². The average molecular weight is 229 g/mol. The summed E-state index contributed by atoms with van der Waals surface area (Å²) < 4.78 is 11.6. The second-order valence-electron chi connectivity index (χ2n) is 2.87. The summed E-state index contributed by atoms with van der Waals surface area (Å²) in [4.78, 5) is 0. The smallest absolute Gasteiger partial charge is 0.231 e. The van der Waals surface area contributed by atoms with E-state index >= 15 is 0 Å². The quantitative estimate of drug-likeness (QED) is 0.680. The molecule has 0 saturated carbocycles. The first-order chi connectivity index (χ1) is 5.70. The van der Waals surface area contributed by atoms with Crippen molar-refractivity contribution in [3.63, 3.8) is 0 Å². The Morgan fingerprint density at radius 1 is 1.33 bits per heavy atom. The Balaban J connectivity index is 2.67. The molecule has 0 N–H and O–H groups in total. The molecule has 12 heavy (non-hydrogen) atoms. The van der Waals surface area contributed by atoms with Gasteiger partial charge in [0.05, 0.1) is 4.47 Å². The van der Waals surface area contributed by atoms with Gasteiger partial charge in [-0.3, -0.25) is 0 Å². The lowest BCUT2D eigenvalue weighted by atomic mass is 10.1. The van der Waals surface area contributed by atoms with Crippen molar-refractivity contribution in [2.45, 2.75) is 13.8 Å². The second kappa shape index (κ2) is 2.66. The van der Waals surface area contributed by atoms with Gasteiger partial charge >= 0.3 is 0 Å². The minimum absolute atomic E-state index is 0.330. The lowest BCUT2D eigenvalue weighted by molar-refractivity contribution is 0.173. The monoisotopic (exact) mass is 228 g/mol. The summed E-state index contributed by atoms with van der Waals surface area (Å²) in [6.07, 6.45) is 0. The lowest BCUT2D eigenvalue weighted by Gasteiger charge is -2.05. The summed E-state index contributed by atoms with van der Waals surface area (Å²) in [5.74, 6) is 1.67. The van der Waals surface area contributed by atoms with E-state index in [0.717, 1.165) is 16.0 Å². The van der Waals surface area contributed by atoms with Crippen molar-refractivity contribution in [1.82, 2.24) is 0 Å². The fraction of sp³-hybridized carbons (Fsp3) is 0.333. The van der Waals surface area contributed by atoms with Gasteiger partial charge < -0.3 is 9.47 Å². The Morgan fingerprint density at radius 3 is 2.83 bits per heavy atom. The van der Waals surface area contributed by atoms with Gasteiger partial charge in [-0.2, -0.15) is 0 Å². The van der Waals surface area contributed by atoms with Crippen LogP contribution in [0.15, 0.2) is 10.5 Å². The highest BCUT2D eigenvalue weighted by Gasteiger charge is 2.19. The molecule has 0 spiro atoms. The van der Waals surface area contributed by atoms with E-state index in [1.165, 1.54) is 11.1 Å². The molecule has 1 heterocycles. The van der Waals surface area contributed by atoms with E-state index in [1.54, 1.807) is 0 Å². The minimum Gasteiger partial charge on any atom is -0.454 e. The van der Waals surface area contributed by atoms with Gasteiger partial charge in [0.25, 0.3) is 0 Å². The van der Waals surface area contributed by atoms with Crippen molar-refractivity contribution in [3.8, 4) is 11.5 Å². The van der Waals surface area contributed by atoms with Crippen LogP contribution >= 0.6 is 15.9 Å². The number of benzene rings is 1. The summed E-state index contributed by atoms with van der Waals surface area (Å²) in [6, 6.07) is 2.00. The highest BCUT2D eigenvalue weighted by Crippen LogP contribution is 2.42. The Hall–Kier alpha value is -0.700. The maximum absolute atomic E-state index is 5.30. The first-order valence-electron chi connectivity index (χ1n) is 3.75. The molecule has 2 rings (SSSR count). The van der Waals surface area contributed by atoms with Gasteiger partial charge in [0.15, 0.2) is 11.5 Å². The van der Waals surface area contributed by atoms with Gasteiger partial charge in [-0.15, -0.1) is 0 Å². The molecule has 1 aliphatic heterocycles. The number of rotatable bonds is 0. The van der Waals surface area contributed by atoms with E-state index < -0.39 is 0 Å². The van der Waals surface area contributed by atoms with E-state index in [4.69, 9.17) is 9.47 Å². The minimum atomic E-state index is 0.330. The van der Waals surface area contributed by atoms with Crippen molar-refractivity contribution < 1.29 is 9.47 Å². The van der Waals surface area contributed by atoms with Crippen LogP contribution < -0.4 is 9.47 Å². The van der Waals surface area contributed by atoms with Crippen molar-refractivity contribution in [1.29, 1.82) is 0 Å². The maximum atomic E-state index is 5.30. The Bertz CT molecular complexity index is 334. The maximum Gasteiger partial charge on any atom is 0.231 e. The van der Waals surface area contributed by atoms with E-state index in [1.807, 2.05) is 6.07 Å². The number of ether oxygens (including phenoxy) is 2. The topological polar surface area (TPSA) is 18.5 Å². The molecule has 0 bridgehead atoms. The molecule has 1 aliphatic rings. The third kappa shape index (κ3) is 1.00. The molecule has 0 saturated heterocycles. The first-order valence-corrected chi connectivity index (χ1v) is 4.54. The molecule has 0 aliphatic carbocycles. The van der Waals surface area contributed by atoms with Crippen molar-refractivity contribution in [2.75, 3.05) is 6.79 Å². The van der Waals surface area contributed by atoms with Gasteiger partial charge in [0.1, 0.15) is 0 Å². The zero-order valence-corrected chi connectivity index (χ0v) is 8.56. The van der Waals surface area contributed by atoms with Crippen LogP contribution in [0.5, 0.6) is 11.5 Å². The fourth-order valence-electron chi connectivity index (χ4n) is 1.22. The molecule has 2 nitrogen and oxygen atoms in total. The zero-order chi connectivity index (χ0) is 8.72. The molecule has 0 atom stereocenters. The van der Waals surface area contributed by atoms with Crippen LogP contribution in [0, 0.1) is 13.8 Å². The summed E-state index contributed by atoms with van der Waals surface area (Å²) >= 11 is 3.48. The van der Waals surface area contributed by atoms with Crippen LogP contribution in [0.4, 0.5) is 0 Å². The molecular weight excluding hydrogens is 220 g/mol. The average Bonchev–Trinajstić information content (AvgIpc) is 2.48. The normalized spacial score (nSPS) is 13.6. The van der Waals surface area contributed by atoms with Gasteiger partial charge in [0.2, 0.25) is 6.79 Å². The molecule has 64 valence electrons. The van der Waals surface area contributed by atoms with Gasteiger partial charge in [-0.05, 0) is 47.0 Å². The molecule has 0 radical (unpaired) electrons. The summed E-state index contributed by atoms with van der Waals surface area (Å²) in [6.45, 7) is 4.44. The van der Waals surface area contributed by atoms with Gasteiger partial charge in [0, 0.05) is 0 Å². The van der Waals surface area contributed by atoms with Crippen LogP contribution in [-0.2, 0) is 0 Å². The second-order valence-corrected chi connectivity index (χ2v) is 3.66. The Kier molecular flexibility index (Phi) is 1.76. The number of aryl methyl sites for hydroxylation is 1. The molecular formula is C9H9BrO2. The predicted octanol–water partition coefficient (Wildman–Crippen LogP) is 2.79. The number of halogens is 1. The predicted molar refractivity (Wildman–Crippen MR) is 49.7 cm³/mol. The Morgan fingerprint density at radius 2 is 2.08 bits per heavy atom. The third-order valence-electron chi connectivity index (χ3n) is 2.11. The van der Waals surface area contributed by atoms with Gasteiger partial charge in [-0.1, -0.05) is 0 Å². The molecule has 0 fully saturated rings. The molecule has 0 unspecified atom stereocenters. The highest BCUT2D eigenvalue weighted by molar-refractivity contribution is 9.10. The summed E-state index contributed by atoms with van der Waals surface area (Å²) in [7, 11) is 0.